The highest BCUT2D eigenvalue weighted by atomic mass is 16.6. The Morgan fingerprint density at radius 1 is 0.957 bits per heavy atom. The van der Waals surface area contributed by atoms with Crippen LogP contribution >= 0.6 is 0 Å². The molecule has 1 amide bonds. The number of carboxylic acids is 1. The Morgan fingerprint density at radius 3 is 2.52 bits per heavy atom. The number of aromatic carboxylic acids is 1. The fourth-order valence-electron chi connectivity index (χ4n) is 2.12. The molecule has 7 heteroatoms. The molecule has 0 saturated heterocycles. The summed E-state index contributed by atoms with van der Waals surface area (Å²) >= 11 is 0. The molecule has 0 unspecified atom stereocenters. The second-order valence-corrected chi connectivity index (χ2v) is 4.82. The number of carbonyl (C=O) groups is 2. The van der Waals surface area contributed by atoms with E-state index in [2.05, 4.69) is 10.9 Å². The molecule has 118 valence electrons. The first-order chi connectivity index (χ1) is 11.1. The number of rotatable bonds is 4. The molecule has 0 atom stereocenters. The smallest absolute Gasteiger partial charge is 0.335 e. The van der Waals surface area contributed by atoms with Gasteiger partial charge in [0.1, 0.15) is 13.2 Å². The Balaban J connectivity index is 1.67. The van der Waals surface area contributed by atoms with E-state index in [0.29, 0.717) is 36.0 Å². The van der Waals surface area contributed by atoms with Crippen molar-refractivity contribution in [3.63, 3.8) is 0 Å². The van der Waals surface area contributed by atoms with E-state index in [1.807, 2.05) is 0 Å². The molecular formula is C16H14N2O5. The molecule has 2 aromatic rings. The van der Waals surface area contributed by atoms with Crippen LogP contribution in [0.2, 0.25) is 0 Å². The Morgan fingerprint density at radius 2 is 1.74 bits per heavy atom. The quantitative estimate of drug-likeness (QED) is 0.746. The maximum atomic E-state index is 12.1. The predicted molar refractivity (Wildman–Crippen MR) is 81.9 cm³/mol. The van der Waals surface area contributed by atoms with Gasteiger partial charge in [-0.1, -0.05) is 6.07 Å². The van der Waals surface area contributed by atoms with Crippen LogP contribution in [0.4, 0.5) is 5.69 Å². The van der Waals surface area contributed by atoms with Gasteiger partial charge in [0.05, 0.1) is 11.3 Å². The monoisotopic (exact) mass is 314 g/mol. The number of fused-ring (bicyclic) bond motifs is 1. The van der Waals surface area contributed by atoms with Crippen LogP contribution in [0.5, 0.6) is 11.5 Å². The maximum absolute atomic E-state index is 12.1. The molecular weight excluding hydrogens is 300 g/mol. The van der Waals surface area contributed by atoms with Gasteiger partial charge in [0.25, 0.3) is 5.91 Å². The average molecular weight is 314 g/mol. The van der Waals surface area contributed by atoms with Gasteiger partial charge in [0.15, 0.2) is 11.5 Å². The summed E-state index contributed by atoms with van der Waals surface area (Å²) in [5, 5.41) is 8.94. The normalized spacial score (nSPS) is 12.3. The molecule has 0 aliphatic carbocycles. The number of nitrogens with one attached hydrogen (secondary N) is 2. The lowest BCUT2D eigenvalue weighted by molar-refractivity contribution is 0.0696. The van der Waals surface area contributed by atoms with Gasteiger partial charge in [0, 0.05) is 5.56 Å². The van der Waals surface area contributed by atoms with E-state index in [0.717, 1.165) is 0 Å². The number of carboxylic acid groups (broad SMARTS) is 1. The summed E-state index contributed by atoms with van der Waals surface area (Å²) in [5.41, 5.74) is 6.19. The van der Waals surface area contributed by atoms with E-state index < -0.39 is 5.97 Å². The van der Waals surface area contributed by atoms with E-state index in [9.17, 15) is 9.59 Å². The van der Waals surface area contributed by atoms with Crippen LogP contribution in [0, 0.1) is 0 Å². The molecule has 0 spiro atoms. The van der Waals surface area contributed by atoms with Crippen LogP contribution in [-0.4, -0.2) is 30.2 Å². The predicted octanol–water partition coefficient (Wildman–Crippen LogP) is 1.91. The fraction of sp³-hybridized carbons (Fsp3) is 0.125. The number of anilines is 1. The number of carbonyl (C=O) groups excluding carboxylic acids is 1. The lowest BCUT2D eigenvalue weighted by Crippen LogP contribution is -2.29. The Kier molecular flexibility index (Phi) is 4.01. The Labute approximate surface area is 131 Å². The summed E-state index contributed by atoms with van der Waals surface area (Å²) in [6.45, 7) is 0.929. The van der Waals surface area contributed by atoms with Gasteiger partial charge in [-0.2, -0.15) is 0 Å². The number of hydrogen-bond acceptors (Lipinski definition) is 5. The van der Waals surface area contributed by atoms with Crippen molar-refractivity contribution in [1.82, 2.24) is 5.43 Å². The van der Waals surface area contributed by atoms with Crippen LogP contribution < -0.4 is 20.3 Å². The van der Waals surface area contributed by atoms with Crippen molar-refractivity contribution in [2.75, 3.05) is 18.6 Å². The molecule has 3 N–H and O–H groups in total. The Bertz CT molecular complexity index is 760. The van der Waals surface area contributed by atoms with Gasteiger partial charge < -0.3 is 14.6 Å². The van der Waals surface area contributed by atoms with Crippen molar-refractivity contribution >= 4 is 17.6 Å². The number of ether oxygens (including phenoxy) is 2. The van der Waals surface area contributed by atoms with E-state index in [1.54, 1.807) is 30.3 Å². The van der Waals surface area contributed by atoms with Gasteiger partial charge in [-0.25, -0.2) is 4.79 Å². The first kappa shape index (κ1) is 14.7. The highest BCUT2D eigenvalue weighted by Gasteiger charge is 2.14. The first-order valence-corrected chi connectivity index (χ1v) is 6.93. The maximum Gasteiger partial charge on any atom is 0.335 e. The van der Waals surface area contributed by atoms with E-state index in [1.165, 1.54) is 12.1 Å². The van der Waals surface area contributed by atoms with Gasteiger partial charge in [-0.15, -0.1) is 0 Å². The van der Waals surface area contributed by atoms with Crippen molar-refractivity contribution in [3.05, 3.63) is 53.6 Å². The molecule has 3 rings (SSSR count). The summed E-state index contributed by atoms with van der Waals surface area (Å²) in [5.74, 6) is -0.277. The largest absolute Gasteiger partial charge is 0.486 e. The van der Waals surface area contributed by atoms with Gasteiger partial charge in [-0.05, 0) is 36.4 Å². The zero-order valence-electron chi connectivity index (χ0n) is 12.0. The third kappa shape index (κ3) is 3.34. The van der Waals surface area contributed by atoms with E-state index >= 15 is 0 Å². The van der Waals surface area contributed by atoms with Crippen LogP contribution in [-0.2, 0) is 0 Å². The summed E-state index contributed by atoms with van der Waals surface area (Å²) in [6.07, 6.45) is 0. The topological polar surface area (TPSA) is 96.9 Å². The molecule has 0 aromatic heterocycles. The van der Waals surface area contributed by atoms with Crippen LogP contribution in [0.1, 0.15) is 20.7 Å². The van der Waals surface area contributed by atoms with E-state index in [4.69, 9.17) is 14.6 Å². The summed E-state index contributed by atoms with van der Waals surface area (Å²) < 4.78 is 10.8. The molecule has 0 bridgehead atoms. The van der Waals surface area contributed by atoms with Gasteiger partial charge >= 0.3 is 5.97 Å². The highest BCUT2D eigenvalue weighted by Crippen LogP contribution is 2.30. The van der Waals surface area contributed by atoms with Crippen LogP contribution in [0.25, 0.3) is 0 Å². The molecule has 7 nitrogen and oxygen atoms in total. The van der Waals surface area contributed by atoms with Crippen molar-refractivity contribution in [1.29, 1.82) is 0 Å². The lowest BCUT2D eigenvalue weighted by Gasteiger charge is -2.18. The molecule has 0 fully saturated rings. The first-order valence-electron chi connectivity index (χ1n) is 6.93. The molecule has 0 saturated carbocycles. The second-order valence-electron chi connectivity index (χ2n) is 4.82. The molecule has 2 aromatic carbocycles. The number of hydrazine groups is 1. The summed E-state index contributed by atoms with van der Waals surface area (Å²) in [7, 11) is 0. The molecule has 1 aliphatic rings. The van der Waals surface area contributed by atoms with Crippen molar-refractivity contribution in [3.8, 4) is 11.5 Å². The average Bonchev–Trinajstić information content (AvgIpc) is 2.59. The lowest BCUT2D eigenvalue weighted by atomic mass is 10.2. The number of amides is 1. The van der Waals surface area contributed by atoms with Crippen LogP contribution in [0.15, 0.2) is 42.5 Å². The van der Waals surface area contributed by atoms with Gasteiger partial charge in [-0.3, -0.25) is 15.6 Å². The minimum Gasteiger partial charge on any atom is -0.486 e. The zero-order chi connectivity index (χ0) is 16.2. The SMILES string of the molecule is O=C(O)c1cccc(NNC(=O)c2ccc3c(c2)OCCO3)c1. The number of benzene rings is 2. The number of hydrogen-bond donors (Lipinski definition) is 3. The van der Waals surface area contributed by atoms with Gasteiger partial charge in [0.2, 0.25) is 0 Å². The Hall–Kier alpha value is -3.22. The minimum absolute atomic E-state index is 0.128. The molecule has 1 aliphatic heterocycles. The van der Waals surface area contributed by atoms with Crippen LogP contribution in [0.3, 0.4) is 0 Å². The minimum atomic E-state index is -1.04. The standard InChI is InChI=1S/C16H14N2O5/c19-15(10-4-5-13-14(9-10)23-7-6-22-13)18-17-12-3-1-2-11(8-12)16(20)21/h1-5,8-9,17H,6-7H2,(H,18,19)(H,20,21). The third-order valence-electron chi connectivity index (χ3n) is 3.23. The zero-order valence-corrected chi connectivity index (χ0v) is 12.0. The molecule has 1 heterocycles. The highest BCUT2D eigenvalue weighted by molar-refractivity contribution is 5.95. The molecule has 23 heavy (non-hydrogen) atoms. The van der Waals surface area contributed by atoms with Crippen molar-refractivity contribution in [2.45, 2.75) is 0 Å². The third-order valence-corrected chi connectivity index (χ3v) is 3.23. The fourth-order valence-corrected chi connectivity index (χ4v) is 2.12. The molecule has 0 radical (unpaired) electrons. The summed E-state index contributed by atoms with van der Waals surface area (Å²) in [6, 6.07) is 11.0. The van der Waals surface area contributed by atoms with Crippen molar-refractivity contribution in [2.24, 2.45) is 0 Å². The second kappa shape index (κ2) is 6.27. The van der Waals surface area contributed by atoms with Crippen molar-refractivity contribution < 1.29 is 24.2 Å². The van der Waals surface area contributed by atoms with E-state index in [-0.39, 0.29) is 11.5 Å². The summed E-state index contributed by atoms with van der Waals surface area (Å²) in [4.78, 5) is 23.0.